The number of carbonyl (C=O) groups excluding carboxylic acids is 1. The predicted molar refractivity (Wildman–Crippen MR) is 87.6 cm³/mol. The normalized spacial score (nSPS) is 11.8. The van der Waals surface area contributed by atoms with E-state index in [2.05, 4.69) is 10.3 Å². The zero-order valence-electron chi connectivity index (χ0n) is 12.0. The fourth-order valence-corrected chi connectivity index (χ4v) is 2.95. The lowest BCUT2D eigenvalue weighted by Crippen LogP contribution is -2.29. The Balaban J connectivity index is 1.93. The summed E-state index contributed by atoms with van der Waals surface area (Å²) in [6.45, 7) is 0. The van der Waals surface area contributed by atoms with Gasteiger partial charge >= 0.3 is 0 Å². The Morgan fingerprint density at radius 3 is 2.57 bits per heavy atom. The number of nitrogens with zero attached hydrogens (tertiary/aromatic N) is 1. The van der Waals surface area contributed by atoms with Gasteiger partial charge in [0.05, 0.1) is 5.56 Å². The Morgan fingerprint density at radius 1 is 1.09 bits per heavy atom. The maximum Gasteiger partial charge on any atom is 0.256 e. The van der Waals surface area contributed by atoms with Crippen molar-refractivity contribution in [1.82, 2.24) is 10.3 Å². The van der Waals surface area contributed by atoms with Crippen LogP contribution in [0.25, 0.3) is 0 Å². The van der Waals surface area contributed by atoms with Crippen LogP contribution in [0.5, 0.6) is 11.5 Å². The molecule has 0 fully saturated rings. The number of phenolic OH excluding ortho intramolecular Hbond substituents is 2. The van der Waals surface area contributed by atoms with Crippen LogP contribution in [0.2, 0.25) is 0 Å². The van der Waals surface area contributed by atoms with Crippen LogP contribution in [0.1, 0.15) is 27.0 Å². The molecule has 0 unspecified atom stereocenters. The van der Waals surface area contributed by atoms with Gasteiger partial charge in [0.2, 0.25) is 0 Å². The number of aromatic nitrogens is 1. The first kappa shape index (κ1) is 15.1. The molecule has 1 aromatic heterocycles. The van der Waals surface area contributed by atoms with E-state index in [1.54, 1.807) is 6.20 Å². The molecule has 3 rings (SSSR count). The number of carbonyl (C=O) groups is 1. The van der Waals surface area contributed by atoms with Crippen LogP contribution < -0.4 is 5.32 Å². The lowest BCUT2D eigenvalue weighted by Gasteiger charge is -2.17. The Labute approximate surface area is 136 Å². The zero-order valence-corrected chi connectivity index (χ0v) is 12.8. The lowest BCUT2D eigenvalue weighted by atomic mass is 10.1. The second-order valence-electron chi connectivity index (χ2n) is 4.86. The third-order valence-electron chi connectivity index (χ3n) is 3.37. The minimum atomic E-state index is -0.484. The Morgan fingerprint density at radius 2 is 1.87 bits per heavy atom. The average molecular weight is 326 g/mol. The van der Waals surface area contributed by atoms with Crippen molar-refractivity contribution in [1.29, 1.82) is 0 Å². The van der Waals surface area contributed by atoms with Gasteiger partial charge in [-0.15, -0.1) is 11.3 Å². The van der Waals surface area contributed by atoms with Gasteiger partial charge in [-0.2, -0.15) is 0 Å². The van der Waals surface area contributed by atoms with Gasteiger partial charge in [0.15, 0.2) is 11.5 Å². The quantitative estimate of drug-likeness (QED) is 0.644. The van der Waals surface area contributed by atoms with E-state index >= 15 is 0 Å². The molecule has 0 bridgehead atoms. The Kier molecular flexibility index (Phi) is 4.25. The Hall–Kier alpha value is -2.86. The molecule has 3 aromatic rings. The molecular weight excluding hydrogens is 312 g/mol. The molecule has 0 saturated carbocycles. The minimum Gasteiger partial charge on any atom is -0.504 e. The maximum atomic E-state index is 12.5. The first-order chi connectivity index (χ1) is 11.2. The van der Waals surface area contributed by atoms with Crippen molar-refractivity contribution in [2.45, 2.75) is 6.04 Å². The number of rotatable bonds is 4. The van der Waals surface area contributed by atoms with Crippen molar-refractivity contribution in [3.8, 4) is 11.5 Å². The summed E-state index contributed by atoms with van der Waals surface area (Å²) in [5.74, 6) is -1.25. The van der Waals surface area contributed by atoms with Crippen molar-refractivity contribution in [3.63, 3.8) is 0 Å². The molecule has 2 aromatic carbocycles. The van der Waals surface area contributed by atoms with Crippen LogP contribution in [-0.2, 0) is 0 Å². The first-order valence-electron chi connectivity index (χ1n) is 6.93. The van der Waals surface area contributed by atoms with E-state index in [0.717, 1.165) is 10.6 Å². The maximum absolute atomic E-state index is 12.5. The van der Waals surface area contributed by atoms with Gasteiger partial charge in [0, 0.05) is 11.6 Å². The number of para-hydroxylation sites is 1. The molecule has 3 N–H and O–H groups in total. The highest BCUT2D eigenvalue weighted by molar-refractivity contribution is 7.09. The molecule has 116 valence electrons. The molecule has 0 saturated heterocycles. The van der Waals surface area contributed by atoms with Crippen LogP contribution >= 0.6 is 11.3 Å². The molecule has 0 aliphatic carbocycles. The van der Waals surface area contributed by atoms with Gasteiger partial charge in [-0.1, -0.05) is 36.4 Å². The van der Waals surface area contributed by atoms with E-state index in [-0.39, 0.29) is 11.3 Å². The lowest BCUT2D eigenvalue weighted by molar-refractivity contribution is 0.0939. The minimum absolute atomic E-state index is 0.0162. The number of hydrogen-bond donors (Lipinski definition) is 3. The van der Waals surface area contributed by atoms with Gasteiger partial charge < -0.3 is 15.5 Å². The van der Waals surface area contributed by atoms with Crippen molar-refractivity contribution in [2.75, 3.05) is 0 Å². The van der Waals surface area contributed by atoms with Crippen LogP contribution in [0.4, 0.5) is 0 Å². The molecule has 6 heteroatoms. The zero-order chi connectivity index (χ0) is 16.2. The summed E-state index contributed by atoms with van der Waals surface area (Å²) in [5.41, 5.74) is 0.901. The van der Waals surface area contributed by atoms with Crippen LogP contribution in [-0.4, -0.2) is 21.1 Å². The summed E-state index contributed by atoms with van der Waals surface area (Å²) < 4.78 is 0. The van der Waals surface area contributed by atoms with Crippen molar-refractivity contribution in [3.05, 3.63) is 76.2 Å². The molecule has 5 nitrogen and oxygen atoms in total. The van der Waals surface area contributed by atoms with E-state index in [1.165, 1.54) is 29.5 Å². The average Bonchev–Trinajstić information content (AvgIpc) is 3.10. The first-order valence-corrected chi connectivity index (χ1v) is 7.81. The molecule has 1 heterocycles. The number of aromatic hydroxyl groups is 2. The number of amides is 1. The summed E-state index contributed by atoms with van der Waals surface area (Å²) in [6.07, 6.45) is 1.67. The monoisotopic (exact) mass is 326 g/mol. The number of phenols is 2. The summed E-state index contributed by atoms with van der Waals surface area (Å²) in [7, 11) is 0. The second kappa shape index (κ2) is 6.50. The SMILES string of the molecule is O=C(N[C@@H](c1ccccc1)c1nccs1)c1cccc(O)c1O. The second-order valence-corrected chi connectivity index (χ2v) is 5.79. The van der Waals surface area contributed by atoms with Crippen LogP contribution in [0, 0.1) is 0 Å². The highest BCUT2D eigenvalue weighted by Gasteiger charge is 2.22. The van der Waals surface area contributed by atoms with E-state index in [9.17, 15) is 15.0 Å². The van der Waals surface area contributed by atoms with E-state index in [0.29, 0.717) is 0 Å². The molecule has 1 atom stereocenters. The van der Waals surface area contributed by atoms with Gasteiger partial charge in [-0.05, 0) is 17.7 Å². The molecular formula is C17H14N2O3S. The van der Waals surface area contributed by atoms with E-state index in [4.69, 9.17) is 0 Å². The standard InChI is InChI=1S/C17H14N2O3S/c20-13-8-4-7-12(15(13)21)16(22)19-14(17-18-9-10-23-17)11-5-2-1-3-6-11/h1-10,14,20-21H,(H,19,22)/t14-/m0/s1. The third-order valence-corrected chi connectivity index (χ3v) is 4.21. The molecule has 23 heavy (non-hydrogen) atoms. The topological polar surface area (TPSA) is 82.5 Å². The van der Waals surface area contributed by atoms with Gasteiger partial charge in [0.1, 0.15) is 11.0 Å². The number of nitrogens with one attached hydrogen (secondary N) is 1. The summed E-state index contributed by atoms with van der Waals surface area (Å²) in [6, 6.07) is 13.3. The molecule has 0 aliphatic rings. The summed E-state index contributed by atoms with van der Waals surface area (Å²) >= 11 is 1.43. The van der Waals surface area contributed by atoms with Gasteiger partial charge in [0.25, 0.3) is 5.91 Å². The van der Waals surface area contributed by atoms with Crippen LogP contribution in [0.3, 0.4) is 0 Å². The van der Waals surface area contributed by atoms with Crippen LogP contribution in [0.15, 0.2) is 60.1 Å². The molecule has 0 spiro atoms. The fourth-order valence-electron chi connectivity index (χ4n) is 2.23. The molecule has 0 radical (unpaired) electrons. The fraction of sp³-hybridized carbons (Fsp3) is 0.0588. The number of benzene rings is 2. The summed E-state index contributed by atoms with van der Waals surface area (Å²) in [4.78, 5) is 16.8. The van der Waals surface area contributed by atoms with E-state index < -0.39 is 17.7 Å². The van der Waals surface area contributed by atoms with Crippen molar-refractivity contribution < 1.29 is 15.0 Å². The van der Waals surface area contributed by atoms with E-state index in [1.807, 2.05) is 35.7 Å². The van der Waals surface area contributed by atoms with Gasteiger partial charge in [-0.25, -0.2) is 4.98 Å². The molecule has 1 amide bonds. The Bertz CT molecular complexity index is 804. The van der Waals surface area contributed by atoms with Crippen molar-refractivity contribution in [2.24, 2.45) is 0 Å². The largest absolute Gasteiger partial charge is 0.504 e. The highest BCUT2D eigenvalue weighted by Crippen LogP contribution is 2.30. The third kappa shape index (κ3) is 3.17. The number of thiazole rings is 1. The molecule has 0 aliphatic heterocycles. The predicted octanol–water partition coefficient (Wildman–Crippen LogP) is 3.07. The highest BCUT2D eigenvalue weighted by atomic mass is 32.1. The number of hydrogen-bond acceptors (Lipinski definition) is 5. The smallest absolute Gasteiger partial charge is 0.256 e. The van der Waals surface area contributed by atoms with Crippen molar-refractivity contribution >= 4 is 17.2 Å². The van der Waals surface area contributed by atoms with Gasteiger partial charge in [-0.3, -0.25) is 4.79 Å². The summed E-state index contributed by atoms with van der Waals surface area (Å²) in [5, 5.41) is 24.8.